The van der Waals surface area contributed by atoms with Crippen molar-refractivity contribution in [2.75, 3.05) is 43.7 Å². The highest BCUT2D eigenvalue weighted by molar-refractivity contribution is 7.23. The van der Waals surface area contributed by atoms with Crippen LogP contribution in [0.1, 0.15) is 126 Å². The van der Waals surface area contributed by atoms with Crippen LogP contribution in [0, 0.1) is 48.5 Å². The van der Waals surface area contributed by atoms with Crippen LogP contribution in [0.4, 0.5) is 22.7 Å². The van der Waals surface area contributed by atoms with Crippen molar-refractivity contribution in [3.63, 3.8) is 0 Å². The third-order valence-corrected chi connectivity index (χ3v) is 18.7. The summed E-state index contributed by atoms with van der Waals surface area (Å²) in [5, 5.41) is 5.78. The molecule has 12 rings (SSSR count). The lowest BCUT2D eigenvalue weighted by Crippen LogP contribution is -2.15. The molecule has 6 aromatic carbocycles. The summed E-state index contributed by atoms with van der Waals surface area (Å²) in [6, 6.07) is 55.1. The average molecular weight is 1180 g/mol. The number of thiophene rings is 3. The van der Waals surface area contributed by atoms with Gasteiger partial charge in [0.15, 0.2) is 23.0 Å². The van der Waals surface area contributed by atoms with Crippen molar-refractivity contribution in [3.8, 4) is 32.8 Å². The van der Waals surface area contributed by atoms with Crippen molar-refractivity contribution in [2.24, 2.45) is 0 Å². The summed E-state index contributed by atoms with van der Waals surface area (Å²) in [6.07, 6.45) is 11.6. The van der Waals surface area contributed by atoms with Gasteiger partial charge >= 0.3 is 0 Å². The number of rotatable bonds is 15. The predicted molar refractivity (Wildman–Crippen MR) is 365 cm³/mol. The first-order valence-corrected chi connectivity index (χ1v) is 32.9. The van der Waals surface area contributed by atoms with Crippen molar-refractivity contribution in [1.29, 1.82) is 0 Å². The van der Waals surface area contributed by atoms with Gasteiger partial charge in [0.1, 0.15) is 26.4 Å². The van der Waals surface area contributed by atoms with Gasteiger partial charge in [-0.25, -0.2) is 0 Å². The Morgan fingerprint density at radius 3 is 1.35 bits per heavy atom. The molecule has 0 saturated carbocycles. The smallest absolute Gasteiger partial charge is 0.181 e. The maximum absolute atomic E-state index is 5.83. The Balaban J connectivity index is 0.000000142. The quantitative estimate of drug-likeness (QED) is 0.103. The van der Waals surface area contributed by atoms with E-state index >= 15 is 0 Å². The molecule has 2 aliphatic rings. The molecule has 7 nitrogen and oxygen atoms in total. The maximum Gasteiger partial charge on any atom is 0.181 e. The molecular formula is C74H89N3O4S3. The van der Waals surface area contributed by atoms with Crippen LogP contribution >= 0.6 is 34.0 Å². The molecule has 0 saturated heterocycles. The van der Waals surface area contributed by atoms with Crippen molar-refractivity contribution in [2.45, 2.75) is 140 Å². The van der Waals surface area contributed by atoms with Crippen LogP contribution in [-0.4, -0.2) is 38.0 Å². The standard InChI is InChI=1S/C24H27N.C16H17N.C14H14O4S2.C12H20S.C8H11N/c1-4-5-6-21-11-17-24(18-12-21)25(22-13-7-19(2)8-14-22)23-15-9-20(3)10-16-23;1-3-12(2)17-15-10-6-4-8-13(15)14-9-5-7-11-16(14)17;1-7-9-11(17-5-3-15-9)13(19-7)14-12-10(8(2)20-14)16-4-6-18-12;1-4-5-6-7-8-12-9-10(2)13-11(12)3;1-7-3-5-8(9-2)6-4-7/h7-18H,4-6H2,1-3H3;4-12H,3H2,1-2H3;3-6H2,1-2H3;9H,4-8H2,1-3H3;3-6,9H,1-2H3. The van der Waals surface area contributed by atoms with Crippen molar-refractivity contribution in [1.82, 2.24) is 4.57 Å². The number of nitrogens with zero attached hydrogens (tertiary/aromatic N) is 2. The Morgan fingerprint density at radius 2 is 0.917 bits per heavy atom. The molecular weight excluding hydrogens is 1090 g/mol. The molecule has 2 aliphatic heterocycles. The summed E-state index contributed by atoms with van der Waals surface area (Å²) in [4.78, 5) is 9.78. The number of anilines is 4. The zero-order valence-corrected chi connectivity index (χ0v) is 54.4. The van der Waals surface area contributed by atoms with Crippen LogP contribution in [0.3, 0.4) is 0 Å². The monoisotopic (exact) mass is 1180 g/mol. The highest BCUT2D eigenvalue weighted by atomic mass is 32.1. The number of aromatic nitrogens is 1. The van der Waals surface area contributed by atoms with E-state index in [0.29, 0.717) is 32.5 Å². The lowest BCUT2D eigenvalue weighted by atomic mass is 10.1. The van der Waals surface area contributed by atoms with E-state index in [0.717, 1.165) is 55.3 Å². The minimum atomic E-state index is 0.541. The third kappa shape index (κ3) is 16.3. The maximum atomic E-state index is 5.83. The molecule has 0 aliphatic carbocycles. The number of fused-ring (bicyclic) bond motifs is 5. The van der Waals surface area contributed by atoms with E-state index in [4.69, 9.17) is 18.9 Å². The van der Waals surface area contributed by atoms with Crippen molar-refractivity contribution >= 4 is 78.6 Å². The van der Waals surface area contributed by atoms with Crippen LogP contribution < -0.4 is 29.2 Å². The lowest BCUT2D eigenvalue weighted by Gasteiger charge is -2.26. The van der Waals surface area contributed by atoms with E-state index in [1.807, 2.05) is 18.4 Å². The van der Waals surface area contributed by atoms with Crippen LogP contribution in [0.25, 0.3) is 31.6 Å². The summed E-state index contributed by atoms with van der Waals surface area (Å²) < 4.78 is 25.6. The summed E-state index contributed by atoms with van der Waals surface area (Å²) in [5.74, 6) is 3.48. The Hall–Kier alpha value is -6.98. The summed E-state index contributed by atoms with van der Waals surface area (Å²) in [6.45, 7) is 26.4. The van der Waals surface area contributed by atoms with Gasteiger partial charge in [0.05, 0.1) is 9.75 Å². The highest BCUT2D eigenvalue weighted by Crippen LogP contribution is 2.57. The number of para-hydroxylation sites is 2. The van der Waals surface area contributed by atoms with E-state index in [1.165, 1.54) is 122 Å². The van der Waals surface area contributed by atoms with Crippen LogP contribution in [0.2, 0.25) is 0 Å². The van der Waals surface area contributed by atoms with E-state index in [2.05, 4.69) is 243 Å². The molecule has 6 heterocycles. The minimum absolute atomic E-state index is 0.541. The summed E-state index contributed by atoms with van der Waals surface area (Å²) in [7, 11) is 1.92. The third-order valence-electron chi connectivity index (χ3n) is 15.4. The number of hydrogen-bond donors (Lipinski definition) is 1. The fourth-order valence-corrected chi connectivity index (χ4v) is 13.7. The van der Waals surface area contributed by atoms with E-state index in [9.17, 15) is 0 Å². The van der Waals surface area contributed by atoms with E-state index in [-0.39, 0.29) is 0 Å². The first kappa shape index (κ1) is 63.1. The van der Waals surface area contributed by atoms with Gasteiger partial charge in [-0.3, -0.25) is 0 Å². The Morgan fingerprint density at radius 1 is 0.476 bits per heavy atom. The number of hydrogen-bond acceptors (Lipinski definition) is 9. The minimum Gasteiger partial charge on any atom is -0.485 e. The molecule has 1 N–H and O–H groups in total. The Labute approximate surface area is 514 Å². The van der Waals surface area contributed by atoms with Crippen LogP contribution in [0.15, 0.2) is 152 Å². The molecule has 0 spiro atoms. The topological polar surface area (TPSA) is 57.1 Å². The van der Waals surface area contributed by atoms with E-state index in [1.54, 1.807) is 28.2 Å². The predicted octanol–water partition coefficient (Wildman–Crippen LogP) is 22.0. The SMILES string of the molecule is CCC(C)n1c2ccccc2c2ccccc21.CCCCCCc1cc(C)sc1C.CCCCc1ccc(N(c2ccc(C)cc2)c2ccc(C)cc2)cc1.CNc1ccc(C)cc1.Cc1sc(-c2sc(C)c3c2OCCO3)c2c1OCCO2. The lowest BCUT2D eigenvalue weighted by molar-refractivity contribution is 0.171. The summed E-state index contributed by atoms with van der Waals surface area (Å²) >= 11 is 5.32. The van der Waals surface area contributed by atoms with Gasteiger partial charge < -0.3 is 33.7 Å². The second kappa shape index (κ2) is 31.2. The molecule has 0 bridgehead atoms. The molecule has 442 valence electrons. The largest absolute Gasteiger partial charge is 0.485 e. The van der Waals surface area contributed by atoms with Gasteiger partial charge in [-0.1, -0.05) is 148 Å². The highest BCUT2D eigenvalue weighted by Gasteiger charge is 2.30. The molecule has 1 unspecified atom stereocenters. The van der Waals surface area contributed by atoms with Gasteiger partial charge in [-0.05, 0) is 165 Å². The molecule has 4 aromatic heterocycles. The van der Waals surface area contributed by atoms with Crippen molar-refractivity contribution < 1.29 is 18.9 Å². The van der Waals surface area contributed by atoms with Gasteiger partial charge in [-0.15, -0.1) is 34.0 Å². The fourth-order valence-electron chi connectivity index (χ4n) is 10.5. The molecule has 0 fully saturated rings. The Kier molecular flexibility index (Phi) is 23.5. The molecule has 1 atom stereocenters. The van der Waals surface area contributed by atoms with Gasteiger partial charge in [0.25, 0.3) is 0 Å². The number of nitrogens with one attached hydrogen (secondary N) is 1. The number of aryl methyl sites for hydroxylation is 9. The van der Waals surface area contributed by atoms with E-state index < -0.39 is 0 Å². The van der Waals surface area contributed by atoms with Gasteiger partial charge in [0, 0.05) is 77.2 Å². The van der Waals surface area contributed by atoms with Crippen LogP contribution in [-0.2, 0) is 12.8 Å². The zero-order chi connectivity index (χ0) is 59.5. The molecule has 10 heteroatoms. The number of unbranched alkanes of at least 4 members (excludes halogenated alkanes) is 4. The normalized spacial score (nSPS) is 12.4. The molecule has 10 aromatic rings. The fraction of sp³-hybridized carbons (Fsp3) is 0.351. The summed E-state index contributed by atoms with van der Waals surface area (Å²) in [5.41, 5.74) is 14.3. The second-order valence-corrected chi connectivity index (χ2v) is 25.9. The first-order chi connectivity index (χ1) is 40.8. The first-order valence-electron chi connectivity index (χ1n) is 30.4. The number of ether oxygens (including phenoxy) is 4. The molecule has 0 amide bonds. The zero-order valence-electron chi connectivity index (χ0n) is 52.0. The van der Waals surface area contributed by atoms with Crippen molar-refractivity contribution in [3.05, 3.63) is 199 Å². The Bertz CT molecular complexity index is 3450. The second-order valence-electron chi connectivity index (χ2n) is 22.0. The number of benzene rings is 6. The van der Waals surface area contributed by atoms with Gasteiger partial charge in [0.2, 0.25) is 0 Å². The molecule has 84 heavy (non-hydrogen) atoms. The van der Waals surface area contributed by atoms with Crippen LogP contribution in [0.5, 0.6) is 23.0 Å². The average Bonchev–Trinajstić information content (AvgIpc) is 3.49. The molecule has 0 radical (unpaired) electrons. The van der Waals surface area contributed by atoms with Gasteiger partial charge in [-0.2, -0.15) is 0 Å².